The highest BCUT2D eigenvalue weighted by Crippen LogP contribution is 2.31. The summed E-state index contributed by atoms with van der Waals surface area (Å²) in [6, 6.07) is 15.6. The van der Waals surface area contributed by atoms with Gasteiger partial charge >= 0.3 is 11.9 Å². The molecule has 45 heavy (non-hydrogen) atoms. The first-order valence-corrected chi connectivity index (χ1v) is 16.3. The van der Waals surface area contributed by atoms with E-state index in [-0.39, 0.29) is 5.75 Å². The van der Waals surface area contributed by atoms with Gasteiger partial charge in [0.1, 0.15) is 22.1 Å². The molecule has 0 fully saturated rings. The maximum absolute atomic E-state index is 12.8. The van der Waals surface area contributed by atoms with E-state index in [0.717, 1.165) is 12.1 Å². The molecule has 246 valence electrons. The predicted octanol–water partition coefficient (Wildman–Crippen LogP) is 7.16. The van der Waals surface area contributed by atoms with Gasteiger partial charge in [-0.3, -0.25) is 4.55 Å². The van der Waals surface area contributed by atoms with Crippen molar-refractivity contribution in [2.45, 2.75) is 70.5 Å². The zero-order chi connectivity index (χ0) is 33.8. The first-order valence-electron chi connectivity index (χ1n) is 14.1. The van der Waals surface area contributed by atoms with E-state index in [1.165, 1.54) is 59.7 Å². The lowest BCUT2D eigenvalue weighted by molar-refractivity contribution is -0.150. The number of halogens is 2. The number of carbonyl (C=O) groups excluding carboxylic acids is 2. The quantitative estimate of drug-likeness (QED) is 0.0826. The number of hydrogen-bond donors (Lipinski definition) is 2. The van der Waals surface area contributed by atoms with Crippen LogP contribution in [0.5, 0.6) is 23.0 Å². The molecule has 0 radical (unpaired) electrons. The second-order valence-corrected chi connectivity index (χ2v) is 13.0. The second-order valence-electron chi connectivity index (χ2n) is 10.7. The second kappa shape index (κ2) is 16.8. The summed E-state index contributed by atoms with van der Waals surface area (Å²) in [7, 11) is -4.90. The SMILES string of the molecule is CC(C)(Oc1ccc(Cl)cc1)C(=O)Oc1ccc(OC(=O)C(C)(C)Oc2ccc(Cl)cc2)c(S(=O)(=O)O)c1.CCCNCCC. The van der Waals surface area contributed by atoms with Crippen LogP contribution in [0.2, 0.25) is 10.0 Å². The van der Waals surface area contributed by atoms with Crippen LogP contribution in [0.25, 0.3) is 0 Å². The normalized spacial score (nSPS) is 11.6. The Morgan fingerprint density at radius 3 is 1.51 bits per heavy atom. The van der Waals surface area contributed by atoms with E-state index in [4.69, 9.17) is 42.1 Å². The molecule has 0 unspecified atom stereocenters. The molecule has 3 aromatic carbocycles. The van der Waals surface area contributed by atoms with Crippen molar-refractivity contribution in [3.05, 3.63) is 76.8 Å². The molecule has 0 bridgehead atoms. The Labute approximate surface area is 274 Å². The Bertz CT molecular complexity index is 1520. The van der Waals surface area contributed by atoms with Crippen molar-refractivity contribution in [3.8, 4) is 23.0 Å². The van der Waals surface area contributed by atoms with Gasteiger partial charge in [0.2, 0.25) is 11.2 Å². The van der Waals surface area contributed by atoms with Crippen LogP contribution in [0.4, 0.5) is 0 Å². The molecule has 0 atom stereocenters. The molecule has 0 aliphatic carbocycles. The topological polar surface area (TPSA) is 137 Å². The Hall–Kier alpha value is -3.35. The molecule has 2 N–H and O–H groups in total. The molecule has 3 rings (SSSR count). The van der Waals surface area contributed by atoms with E-state index >= 15 is 0 Å². The molecule has 0 aromatic heterocycles. The predicted molar refractivity (Wildman–Crippen MR) is 173 cm³/mol. The van der Waals surface area contributed by atoms with E-state index in [9.17, 15) is 22.6 Å². The van der Waals surface area contributed by atoms with Crippen LogP contribution in [-0.2, 0) is 19.7 Å². The summed E-state index contributed by atoms with van der Waals surface area (Å²) in [6.07, 6.45) is 2.50. The Kier molecular flexibility index (Phi) is 14.1. The van der Waals surface area contributed by atoms with E-state index in [0.29, 0.717) is 21.5 Å². The molecule has 0 spiro atoms. The fourth-order valence-electron chi connectivity index (χ4n) is 3.45. The lowest BCUT2D eigenvalue weighted by Crippen LogP contribution is -2.41. The van der Waals surface area contributed by atoms with Gasteiger partial charge in [-0.25, -0.2) is 9.59 Å². The molecule has 0 amide bonds. The highest BCUT2D eigenvalue weighted by Gasteiger charge is 2.35. The van der Waals surface area contributed by atoms with Gasteiger partial charge in [0.25, 0.3) is 10.1 Å². The highest BCUT2D eigenvalue weighted by molar-refractivity contribution is 7.86. The monoisotopic (exact) mass is 683 g/mol. The number of ether oxygens (including phenoxy) is 4. The molecule has 13 heteroatoms. The average Bonchev–Trinajstić information content (AvgIpc) is 2.96. The summed E-state index contributed by atoms with van der Waals surface area (Å²) >= 11 is 11.7. The van der Waals surface area contributed by atoms with Crippen LogP contribution in [0.1, 0.15) is 54.4 Å². The van der Waals surface area contributed by atoms with Crippen molar-refractivity contribution in [2.24, 2.45) is 0 Å². The van der Waals surface area contributed by atoms with Crippen LogP contribution < -0.4 is 24.3 Å². The van der Waals surface area contributed by atoms with Crippen molar-refractivity contribution < 1.29 is 41.5 Å². The van der Waals surface area contributed by atoms with Crippen LogP contribution in [-0.4, -0.2) is 49.2 Å². The summed E-state index contributed by atoms with van der Waals surface area (Å²) < 4.78 is 55.7. The van der Waals surface area contributed by atoms with Gasteiger partial charge in [0.15, 0.2) is 5.75 Å². The third kappa shape index (κ3) is 12.5. The number of esters is 2. The first kappa shape index (κ1) is 37.8. The Morgan fingerprint density at radius 1 is 0.711 bits per heavy atom. The van der Waals surface area contributed by atoms with Crippen molar-refractivity contribution in [2.75, 3.05) is 13.1 Å². The lowest BCUT2D eigenvalue weighted by atomic mass is 10.1. The van der Waals surface area contributed by atoms with Gasteiger partial charge in [-0.2, -0.15) is 8.42 Å². The molecule has 0 aliphatic heterocycles. The third-order valence-corrected chi connectivity index (χ3v) is 7.20. The number of carbonyl (C=O) groups is 2. The zero-order valence-corrected chi connectivity index (χ0v) is 28.4. The molecule has 10 nitrogen and oxygen atoms in total. The third-order valence-electron chi connectivity index (χ3n) is 5.82. The summed E-state index contributed by atoms with van der Waals surface area (Å²) in [5.41, 5.74) is -3.04. The minimum Gasteiger partial charge on any atom is -0.476 e. The van der Waals surface area contributed by atoms with Gasteiger partial charge in [-0.1, -0.05) is 37.0 Å². The molecule has 3 aromatic rings. The van der Waals surface area contributed by atoms with Crippen molar-refractivity contribution >= 4 is 45.3 Å². The first-order chi connectivity index (χ1) is 21.0. The minimum atomic E-state index is -4.90. The fraction of sp³-hybridized carbons (Fsp3) is 0.375. The maximum Gasteiger partial charge on any atom is 0.355 e. The van der Waals surface area contributed by atoms with E-state index in [1.54, 1.807) is 48.5 Å². The van der Waals surface area contributed by atoms with Gasteiger partial charge < -0.3 is 24.3 Å². The molecule has 0 aliphatic rings. The number of rotatable bonds is 13. The van der Waals surface area contributed by atoms with Crippen LogP contribution >= 0.6 is 23.2 Å². The van der Waals surface area contributed by atoms with Crippen molar-refractivity contribution in [1.82, 2.24) is 5.32 Å². The minimum absolute atomic E-state index is 0.244. The van der Waals surface area contributed by atoms with Crippen molar-refractivity contribution in [3.63, 3.8) is 0 Å². The Morgan fingerprint density at radius 2 is 1.11 bits per heavy atom. The van der Waals surface area contributed by atoms with E-state index in [2.05, 4.69) is 19.2 Å². The maximum atomic E-state index is 12.8. The van der Waals surface area contributed by atoms with Gasteiger partial charge in [0.05, 0.1) is 0 Å². The molecule has 0 saturated carbocycles. The molecular weight excluding hydrogens is 645 g/mol. The summed E-state index contributed by atoms with van der Waals surface area (Å²) in [4.78, 5) is 24.8. The van der Waals surface area contributed by atoms with Crippen LogP contribution in [0.3, 0.4) is 0 Å². The van der Waals surface area contributed by atoms with E-state index < -0.39 is 43.9 Å². The van der Waals surface area contributed by atoms with Crippen LogP contribution in [0, 0.1) is 0 Å². The molecule has 0 saturated heterocycles. The number of hydrogen-bond acceptors (Lipinski definition) is 9. The Balaban J connectivity index is 0.000000900. The van der Waals surface area contributed by atoms with E-state index in [1.807, 2.05) is 0 Å². The highest BCUT2D eigenvalue weighted by atomic mass is 35.5. The summed E-state index contributed by atoms with van der Waals surface area (Å²) in [5, 5.41) is 4.24. The van der Waals surface area contributed by atoms with Gasteiger partial charge in [-0.05, 0) is 114 Å². The summed E-state index contributed by atoms with van der Waals surface area (Å²) in [5.74, 6) is -1.90. The lowest BCUT2D eigenvalue weighted by Gasteiger charge is -2.25. The largest absolute Gasteiger partial charge is 0.476 e. The number of nitrogens with one attached hydrogen (secondary N) is 1. The van der Waals surface area contributed by atoms with Crippen molar-refractivity contribution in [1.29, 1.82) is 0 Å². The standard InChI is InChI=1S/C26H24Cl2O9S.C6H15N/c1-25(2,36-18-9-5-16(27)6-10-18)23(29)34-20-13-14-21(22(15-20)38(31,32)33)35-24(30)26(3,4)37-19-11-7-17(28)8-12-19;1-3-5-7-6-4-2/h5-15H,1-4H3,(H,31,32,33);7H,3-6H2,1-2H3. The summed E-state index contributed by atoms with van der Waals surface area (Å²) in [6.45, 7) is 12.4. The van der Waals surface area contributed by atoms with Crippen LogP contribution in [0.15, 0.2) is 71.6 Å². The molecule has 0 heterocycles. The van der Waals surface area contributed by atoms with Gasteiger partial charge in [-0.15, -0.1) is 0 Å². The molecular formula is C32H39Cl2NO9S. The zero-order valence-electron chi connectivity index (χ0n) is 26.1. The smallest absolute Gasteiger partial charge is 0.355 e. The fourth-order valence-corrected chi connectivity index (χ4v) is 4.33. The average molecular weight is 685 g/mol. The number of benzene rings is 3. The van der Waals surface area contributed by atoms with Gasteiger partial charge in [0, 0.05) is 16.1 Å².